The SMILES string of the molecule is CC(=O)/C(=C\Nc1ccccn1)S(=O)(=O)c1ccc(C)cc1. The van der Waals surface area contributed by atoms with Crippen LogP contribution in [0.1, 0.15) is 12.5 Å². The molecule has 0 aliphatic carbocycles. The Morgan fingerprint density at radius 1 is 1.14 bits per heavy atom. The molecule has 0 saturated carbocycles. The molecular weight excluding hydrogens is 300 g/mol. The van der Waals surface area contributed by atoms with Gasteiger partial charge in [0.05, 0.1) is 4.90 Å². The molecule has 1 aromatic heterocycles. The number of aromatic nitrogens is 1. The first-order chi connectivity index (χ1) is 10.4. The van der Waals surface area contributed by atoms with Gasteiger partial charge in [0.15, 0.2) is 5.78 Å². The van der Waals surface area contributed by atoms with Crippen molar-refractivity contribution in [1.29, 1.82) is 0 Å². The number of allylic oxidation sites excluding steroid dienone is 1. The van der Waals surface area contributed by atoms with Crippen molar-refractivity contribution in [2.45, 2.75) is 18.7 Å². The summed E-state index contributed by atoms with van der Waals surface area (Å²) in [5, 5.41) is 2.74. The Labute approximate surface area is 129 Å². The average Bonchev–Trinajstić information content (AvgIpc) is 2.48. The molecule has 0 saturated heterocycles. The molecule has 0 spiro atoms. The van der Waals surface area contributed by atoms with E-state index in [9.17, 15) is 13.2 Å². The van der Waals surface area contributed by atoms with Crippen LogP contribution in [0.3, 0.4) is 0 Å². The maximum Gasteiger partial charge on any atom is 0.211 e. The number of pyridine rings is 1. The molecule has 22 heavy (non-hydrogen) atoms. The van der Waals surface area contributed by atoms with E-state index in [1.807, 2.05) is 6.92 Å². The largest absolute Gasteiger partial charge is 0.345 e. The molecule has 0 radical (unpaired) electrons. The number of rotatable bonds is 5. The Bertz CT molecular complexity index is 795. The number of Topliss-reactive ketones (excluding diaryl/α,β-unsaturated/α-hetero) is 1. The molecule has 2 aromatic rings. The lowest BCUT2D eigenvalue weighted by atomic mass is 10.2. The third-order valence-corrected chi connectivity index (χ3v) is 4.86. The minimum Gasteiger partial charge on any atom is -0.345 e. The van der Waals surface area contributed by atoms with Gasteiger partial charge in [-0.05, 0) is 38.1 Å². The number of benzene rings is 1. The van der Waals surface area contributed by atoms with Crippen molar-refractivity contribution in [2.24, 2.45) is 0 Å². The van der Waals surface area contributed by atoms with Crippen molar-refractivity contribution in [2.75, 3.05) is 5.32 Å². The fraction of sp³-hybridized carbons (Fsp3) is 0.125. The van der Waals surface area contributed by atoms with E-state index >= 15 is 0 Å². The minimum atomic E-state index is -3.87. The molecule has 0 unspecified atom stereocenters. The summed E-state index contributed by atoms with van der Waals surface area (Å²) in [7, 11) is -3.87. The number of sulfone groups is 1. The van der Waals surface area contributed by atoms with Crippen LogP contribution in [0, 0.1) is 6.92 Å². The molecule has 0 atom stereocenters. The summed E-state index contributed by atoms with van der Waals surface area (Å²) < 4.78 is 25.1. The number of carbonyl (C=O) groups is 1. The van der Waals surface area contributed by atoms with E-state index in [-0.39, 0.29) is 9.80 Å². The van der Waals surface area contributed by atoms with Crippen LogP contribution in [0.2, 0.25) is 0 Å². The van der Waals surface area contributed by atoms with Crippen LogP contribution in [0.25, 0.3) is 0 Å². The monoisotopic (exact) mass is 316 g/mol. The zero-order valence-corrected chi connectivity index (χ0v) is 13.1. The first kappa shape index (κ1) is 15.9. The molecule has 0 aliphatic heterocycles. The van der Waals surface area contributed by atoms with E-state index < -0.39 is 15.6 Å². The zero-order chi connectivity index (χ0) is 16.2. The molecule has 0 fully saturated rings. The molecule has 0 aliphatic rings. The van der Waals surface area contributed by atoms with E-state index in [0.717, 1.165) is 5.56 Å². The summed E-state index contributed by atoms with van der Waals surface area (Å²) in [5.74, 6) is -0.0793. The van der Waals surface area contributed by atoms with Gasteiger partial charge >= 0.3 is 0 Å². The second kappa shape index (κ2) is 6.53. The van der Waals surface area contributed by atoms with Gasteiger partial charge < -0.3 is 5.32 Å². The van der Waals surface area contributed by atoms with Crippen molar-refractivity contribution >= 4 is 21.4 Å². The average molecular weight is 316 g/mol. The van der Waals surface area contributed by atoms with Crippen molar-refractivity contribution < 1.29 is 13.2 Å². The number of hydrogen-bond donors (Lipinski definition) is 1. The van der Waals surface area contributed by atoms with Crippen molar-refractivity contribution in [3.05, 3.63) is 65.3 Å². The number of carbonyl (C=O) groups excluding carboxylic acids is 1. The molecular formula is C16H16N2O3S. The number of nitrogens with one attached hydrogen (secondary N) is 1. The second-order valence-electron chi connectivity index (χ2n) is 4.74. The van der Waals surface area contributed by atoms with Gasteiger partial charge in [-0.3, -0.25) is 4.79 Å². The van der Waals surface area contributed by atoms with Gasteiger partial charge in [0.25, 0.3) is 0 Å². The number of aryl methyl sites for hydroxylation is 1. The molecule has 0 bridgehead atoms. The van der Waals surface area contributed by atoms with Crippen LogP contribution in [0.5, 0.6) is 0 Å². The highest BCUT2D eigenvalue weighted by Crippen LogP contribution is 2.20. The molecule has 1 heterocycles. The summed E-state index contributed by atoms with van der Waals surface area (Å²) in [6.45, 7) is 3.08. The molecule has 1 aromatic carbocycles. The molecule has 2 rings (SSSR count). The predicted octanol–water partition coefficient (Wildman–Crippen LogP) is 2.71. The lowest BCUT2D eigenvalue weighted by Crippen LogP contribution is -2.13. The van der Waals surface area contributed by atoms with Crippen molar-refractivity contribution in [1.82, 2.24) is 4.98 Å². The molecule has 1 N–H and O–H groups in total. The Hall–Kier alpha value is -2.47. The number of hydrogen-bond acceptors (Lipinski definition) is 5. The third-order valence-electron chi connectivity index (χ3n) is 2.98. The summed E-state index contributed by atoms with van der Waals surface area (Å²) in [6, 6.07) is 11.5. The van der Waals surface area contributed by atoms with E-state index in [1.165, 1.54) is 25.3 Å². The first-order valence-electron chi connectivity index (χ1n) is 6.61. The normalized spacial score (nSPS) is 12.0. The smallest absolute Gasteiger partial charge is 0.211 e. The molecule has 6 heteroatoms. The fourth-order valence-corrected chi connectivity index (χ4v) is 3.14. The lowest BCUT2D eigenvalue weighted by Gasteiger charge is -2.08. The van der Waals surface area contributed by atoms with E-state index in [2.05, 4.69) is 10.3 Å². The zero-order valence-electron chi connectivity index (χ0n) is 12.3. The highest BCUT2D eigenvalue weighted by atomic mass is 32.2. The fourth-order valence-electron chi connectivity index (χ4n) is 1.80. The van der Waals surface area contributed by atoms with Gasteiger partial charge in [0.1, 0.15) is 10.7 Å². The van der Waals surface area contributed by atoms with Gasteiger partial charge in [0, 0.05) is 12.4 Å². The van der Waals surface area contributed by atoms with Crippen LogP contribution < -0.4 is 5.32 Å². The third kappa shape index (κ3) is 3.59. The Morgan fingerprint density at radius 3 is 2.36 bits per heavy atom. The quantitative estimate of drug-likeness (QED) is 0.858. The van der Waals surface area contributed by atoms with E-state index in [0.29, 0.717) is 5.82 Å². The lowest BCUT2D eigenvalue weighted by molar-refractivity contribution is -0.113. The number of anilines is 1. The standard InChI is InChI=1S/C16H16N2O3S/c1-12-6-8-14(9-7-12)22(20,21)15(13(2)19)11-18-16-5-3-4-10-17-16/h3-11H,1-2H3,(H,17,18)/b15-11+. The van der Waals surface area contributed by atoms with Gasteiger partial charge in [0.2, 0.25) is 9.84 Å². The topological polar surface area (TPSA) is 76.1 Å². The Kier molecular flexibility index (Phi) is 4.72. The maximum absolute atomic E-state index is 12.6. The Balaban J connectivity index is 2.38. The molecule has 0 amide bonds. The van der Waals surface area contributed by atoms with Crippen LogP contribution in [-0.4, -0.2) is 19.2 Å². The van der Waals surface area contributed by atoms with Gasteiger partial charge in [-0.2, -0.15) is 0 Å². The van der Waals surface area contributed by atoms with Crippen LogP contribution in [0.15, 0.2) is 64.7 Å². The van der Waals surface area contributed by atoms with Crippen LogP contribution >= 0.6 is 0 Å². The Morgan fingerprint density at radius 2 is 1.82 bits per heavy atom. The number of ketones is 1. The summed E-state index contributed by atoms with van der Waals surface area (Å²) >= 11 is 0. The van der Waals surface area contributed by atoms with E-state index in [1.54, 1.807) is 36.5 Å². The second-order valence-corrected chi connectivity index (χ2v) is 6.66. The minimum absolute atomic E-state index is 0.0855. The molecule has 114 valence electrons. The first-order valence-corrected chi connectivity index (χ1v) is 8.10. The summed E-state index contributed by atoms with van der Waals surface area (Å²) in [5.41, 5.74) is 0.943. The highest BCUT2D eigenvalue weighted by Gasteiger charge is 2.24. The highest BCUT2D eigenvalue weighted by molar-refractivity contribution is 7.96. The van der Waals surface area contributed by atoms with Gasteiger partial charge in [-0.15, -0.1) is 0 Å². The number of nitrogens with zero attached hydrogens (tertiary/aromatic N) is 1. The predicted molar refractivity (Wildman–Crippen MR) is 85.0 cm³/mol. The van der Waals surface area contributed by atoms with Crippen LogP contribution in [-0.2, 0) is 14.6 Å². The van der Waals surface area contributed by atoms with E-state index in [4.69, 9.17) is 0 Å². The summed E-state index contributed by atoms with van der Waals surface area (Å²) in [6.07, 6.45) is 2.75. The van der Waals surface area contributed by atoms with Crippen LogP contribution in [0.4, 0.5) is 5.82 Å². The summed E-state index contributed by atoms with van der Waals surface area (Å²) in [4.78, 5) is 15.5. The van der Waals surface area contributed by atoms with Gasteiger partial charge in [-0.1, -0.05) is 23.8 Å². The van der Waals surface area contributed by atoms with Crippen molar-refractivity contribution in [3.63, 3.8) is 0 Å². The van der Waals surface area contributed by atoms with Gasteiger partial charge in [-0.25, -0.2) is 13.4 Å². The maximum atomic E-state index is 12.6. The van der Waals surface area contributed by atoms with Crippen molar-refractivity contribution in [3.8, 4) is 0 Å². The molecule has 5 nitrogen and oxygen atoms in total.